The van der Waals surface area contributed by atoms with Crippen LogP contribution in [0.3, 0.4) is 0 Å². The van der Waals surface area contributed by atoms with Crippen LogP contribution in [0.5, 0.6) is 0 Å². The van der Waals surface area contributed by atoms with Gasteiger partial charge < -0.3 is 14.0 Å². The number of benzene rings is 1. The number of nitrogens with zero attached hydrogens (tertiary/aromatic N) is 4. The molecule has 0 N–H and O–H groups in total. The van der Waals surface area contributed by atoms with E-state index in [1.165, 1.54) is 0 Å². The maximum atomic E-state index is 13.1. The highest BCUT2D eigenvalue weighted by Gasteiger charge is 2.29. The summed E-state index contributed by atoms with van der Waals surface area (Å²) in [6.07, 6.45) is 7.96. The maximum absolute atomic E-state index is 13.1. The lowest BCUT2D eigenvalue weighted by atomic mass is 9.98. The van der Waals surface area contributed by atoms with Crippen molar-refractivity contribution in [1.82, 2.24) is 19.6 Å². The molecule has 0 radical (unpaired) electrons. The van der Waals surface area contributed by atoms with Crippen LogP contribution in [-0.4, -0.2) is 38.1 Å². The zero-order chi connectivity index (χ0) is 18.6. The van der Waals surface area contributed by atoms with E-state index in [2.05, 4.69) is 14.7 Å². The molecule has 6 heteroatoms. The highest BCUT2D eigenvalue weighted by Crippen LogP contribution is 2.25. The molecule has 27 heavy (non-hydrogen) atoms. The summed E-state index contributed by atoms with van der Waals surface area (Å²) in [5.41, 5.74) is 1.31. The molecule has 1 amide bonds. The Morgan fingerprint density at radius 3 is 2.89 bits per heavy atom. The van der Waals surface area contributed by atoms with Gasteiger partial charge in [0.1, 0.15) is 5.82 Å². The van der Waals surface area contributed by atoms with Crippen LogP contribution in [0.15, 0.2) is 53.3 Å². The second-order valence-corrected chi connectivity index (χ2v) is 7.05. The average molecular weight is 364 g/mol. The molecular weight excluding hydrogens is 340 g/mol. The first-order chi connectivity index (χ1) is 13.2. The highest BCUT2D eigenvalue weighted by atomic mass is 16.5. The molecule has 0 aliphatic carbocycles. The summed E-state index contributed by atoms with van der Waals surface area (Å²) in [6, 6.07) is 11.7. The molecule has 140 valence electrons. The summed E-state index contributed by atoms with van der Waals surface area (Å²) in [6.45, 7) is 3.65. The smallest absolute Gasteiger partial charge is 0.276 e. The van der Waals surface area contributed by atoms with E-state index in [4.69, 9.17) is 4.52 Å². The summed E-state index contributed by atoms with van der Waals surface area (Å²) in [5.74, 6) is 1.60. The number of amides is 1. The monoisotopic (exact) mass is 364 g/mol. The number of likely N-dealkylation sites (tertiary alicyclic amines) is 1. The molecule has 1 aromatic carbocycles. The van der Waals surface area contributed by atoms with Gasteiger partial charge in [-0.25, -0.2) is 4.98 Å². The third-order valence-corrected chi connectivity index (χ3v) is 5.30. The van der Waals surface area contributed by atoms with Gasteiger partial charge in [-0.3, -0.25) is 4.79 Å². The van der Waals surface area contributed by atoms with E-state index in [-0.39, 0.29) is 11.9 Å². The van der Waals surface area contributed by atoms with Crippen molar-refractivity contribution in [2.45, 2.75) is 45.2 Å². The normalized spacial score (nSPS) is 17.2. The Hall–Kier alpha value is -2.89. The van der Waals surface area contributed by atoms with Crippen LogP contribution in [0.2, 0.25) is 0 Å². The van der Waals surface area contributed by atoms with Crippen molar-refractivity contribution in [2.24, 2.45) is 0 Å². The number of carbonyl (C=O) groups is 1. The van der Waals surface area contributed by atoms with Gasteiger partial charge >= 0.3 is 0 Å². The van der Waals surface area contributed by atoms with E-state index in [1.54, 1.807) is 6.07 Å². The number of piperidine rings is 1. The van der Waals surface area contributed by atoms with Gasteiger partial charge in [-0.05, 0) is 32.6 Å². The molecule has 3 aromatic rings. The highest BCUT2D eigenvalue weighted by molar-refractivity contribution is 5.93. The minimum Gasteiger partial charge on any atom is -0.355 e. The minimum absolute atomic E-state index is 0.0343. The van der Waals surface area contributed by atoms with Gasteiger partial charge in [-0.2, -0.15) is 0 Å². The number of hydrogen-bond acceptors (Lipinski definition) is 4. The maximum Gasteiger partial charge on any atom is 0.276 e. The molecule has 1 aliphatic rings. The molecule has 2 aromatic heterocycles. The van der Waals surface area contributed by atoms with Crippen LogP contribution in [0.4, 0.5) is 0 Å². The van der Waals surface area contributed by atoms with E-state index in [0.717, 1.165) is 50.2 Å². The van der Waals surface area contributed by atoms with Gasteiger partial charge in [0.15, 0.2) is 11.5 Å². The third-order valence-electron chi connectivity index (χ3n) is 5.30. The molecule has 1 atom stereocenters. The lowest BCUT2D eigenvalue weighted by Crippen LogP contribution is -2.44. The molecule has 6 nitrogen and oxygen atoms in total. The van der Waals surface area contributed by atoms with E-state index in [0.29, 0.717) is 11.5 Å². The molecule has 3 heterocycles. The number of rotatable bonds is 5. The molecule has 1 unspecified atom stereocenters. The van der Waals surface area contributed by atoms with Crippen molar-refractivity contribution in [3.8, 4) is 11.3 Å². The fourth-order valence-corrected chi connectivity index (χ4v) is 3.76. The largest absolute Gasteiger partial charge is 0.355 e. The molecule has 0 spiro atoms. The number of aromatic nitrogens is 3. The molecule has 4 rings (SSSR count). The number of aryl methyl sites for hydroxylation is 2. The number of carbonyl (C=O) groups excluding carboxylic acids is 1. The van der Waals surface area contributed by atoms with Crippen molar-refractivity contribution in [2.75, 3.05) is 6.54 Å². The van der Waals surface area contributed by atoms with Crippen LogP contribution in [0, 0.1) is 6.92 Å². The van der Waals surface area contributed by atoms with Crippen molar-refractivity contribution in [3.63, 3.8) is 0 Å². The summed E-state index contributed by atoms with van der Waals surface area (Å²) in [4.78, 5) is 19.3. The van der Waals surface area contributed by atoms with Crippen LogP contribution in [0.25, 0.3) is 11.3 Å². The molecule has 1 aliphatic heterocycles. The van der Waals surface area contributed by atoms with E-state index in [9.17, 15) is 4.79 Å². The van der Waals surface area contributed by atoms with Gasteiger partial charge in [-0.1, -0.05) is 35.5 Å². The second kappa shape index (κ2) is 7.78. The standard InChI is InChI=1S/C21H24N4O2/c1-16-22-11-14-24(16)13-10-18-9-5-6-12-25(18)21(26)19-15-20(27-23-19)17-7-3-2-4-8-17/h2-4,7-8,11,14-15,18H,5-6,9-10,12-13H2,1H3. The average Bonchev–Trinajstić information content (AvgIpc) is 3.36. The SMILES string of the molecule is Cc1nccn1CCC1CCCCN1C(=O)c1cc(-c2ccccc2)on1. The van der Waals surface area contributed by atoms with Crippen molar-refractivity contribution in [3.05, 3.63) is 60.3 Å². The lowest BCUT2D eigenvalue weighted by molar-refractivity contribution is 0.0585. The van der Waals surface area contributed by atoms with Gasteiger partial charge in [0, 0.05) is 43.2 Å². The predicted molar refractivity (Wildman–Crippen MR) is 102 cm³/mol. The first-order valence-electron chi connectivity index (χ1n) is 9.53. The fraction of sp³-hybridized carbons (Fsp3) is 0.381. The Morgan fingerprint density at radius 1 is 1.26 bits per heavy atom. The summed E-state index contributed by atoms with van der Waals surface area (Å²) in [7, 11) is 0. The van der Waals surface area contributed by atoms with Crippen LogP contribution in [-0.2, 0) is 6.54 Å². The van der Waals surface area contributed by atoms with Gasteiger partial charge in [0.2, 0.25) is 0 Å². The number of hydrogen-bond donors (Lipinski definition) is 0. The minimum atomic E-state index is -0.0343. The van der Waals surface area contributed by atoms with Gasteiger partial charge in [-0.15, -0.1) is 0 Å². The summed E-state index contributed by atoms with van der Waals surface area (Å²) in [5, 5.41) is 4.04. The summed E-state index contributed by atoms with van der Waals surface area (Å²) >= 11 is 0. The Kier molecular flexibility index (Phi) is 5.05. The Balaban J connectivity index is 1.47. The van der Waals surface area contributed by atoms with Gasteiger partial charge in [0.25, 0.3) is 5.91 Å². The third kappa shape index (κ3) is 3.79. The Bertz CT molecular complexity index is 900. The van der Waals surface area contributed by atoms with E-state index >= 15 is 0 Å². The predicted octanol–water partition coefficient (Wildman–Crippen LogP) is 3.93. The van der Waals surface area contributed by atoms with Crippen molar-refractivity contribution < 1.29 is 9.32 Å². The molecule has 0 saturated carbocycles. The fourth-order valence-electron chi connectivity index (χ4n) is 3.76. The van der Waals surface area contributed by atoms with E-state index < -0.39 is 0 Å². The first kappa shape index (κ1) is 17.5. The Labute approximate surface area is 158 Å². The zero-order valence-electron chi connectivity index (χ0n) is 15.5. The Morgan fingerprint density at radius 2 is 2.11 bits per heavy atom. The molecular formula is C21H24N4O2. The molecule has 1 saturated heterocycles. The van der Waals surface area contributed by atoms with Crippen LogP contribution < -0.4 is 0 Å². The summed E-state index contributed by atoms with van der Waals surface area (Å²) < 4.78 is 7.56. The van der Waals surface area contributed by atoms with Crippen molar-refractivity contribution >= 4 is 5.91 Å². The second-order valence-electron chi connectivity index (χ2n) is 7.05. The van der Waals surface area contributed by atoms with Crippen LogP contribution in [0.1, 0.15) is 42.0 Å². The van der Waals surface area contributed by atoms with E-state index in [1.807, 2.05) is 54.5 Å². The topological polar surface area (TPSA) is 64.2 Å². The quantitative estimate of drug-likeness (QED) is 0.688. The van der Waals surface area contributed by atoms with Crippen molar-refractivity contribution in [1.29, 1.82) is 0 Å². The lowest BCUT2D eigenvalue weighted by Gasteiger charge is -2.35. The first-order valence-corrected chi connectivity index (χ1v) is 9.53. The molecule has 0 bridgehead atoms. The van der Waals surface area contributed by atoms with Crippen LogP contribution >= 0.6 is 0 Å². The molecule has 1 fully saturated rings. The number of imidazole rings is 1. The zero-order valence-corrected chi connectivity index (χ0v) is 15.5. The van der Waals surface area contributed by atoms with Gasteiger partial charge in [0.05, 0.1) is 0 Å².